The highest BCUT2D eigenvalue weighted by molar-refractivity contribution is 7.91. The minimum Gasteiger partial charge on any atom is -0.360 e. The lowest BCUT2D eigenvalue weighted by atomic mass is 9.98. The first-order valence-electron chi connectivity index (χ1n) is 35.6. The van der Waals surface area contributed by atoms with E-state index >= 15 is 0 Å². The van der Waals surface area contributed by atoms with Gasteiger partial charge in [-0.25, -0.2) is 58.9 Å². The first-order chi connectivity index (χ1) is 52.7. The van der Waals surface area contributed by atoms with Gasteiger partial charge in [-0.05, 0) is 184 Å². The molecule has 4 aliphatic heterocycles. The molecule has 12 heterocycles. The van der Waals surface area contributed by atoms with Crippen LogP contribution in [0.5, 0.6) is 0 Å². The second-order valence-electron chi connectivity index (χ2n) is 28.2. The molecule has 0 amide bonds. The van der Waals surface area contributed by atoms with E-state index in [0.717, 1.165) is 130 Å². The topological polar surface area (TPSA) is 260 Å². The number of rotatable bonds is 12. The average molecular weight is 1610 g/mol. The third kappa shape index (κ3) is 14.9. The molecule has 32 heteroatoms. The van der Waals surface area contributed by atoms with Gasteiger partial charge in [0, 0.05) is 121 Å². The maximum atomic E-state index is 13.9. The number of para-hydroxylation sites is 2. The highest BCUT2D eigenvalue weighted by Gasteiger charge is 2.36. The Balaban J connectivity index is 0.000000123. The molecule has 0 N–H and O–H groups in total. The van der Waals surface area contributed by atoms with E-state index in [2.05, 4.69) is 72.4 Å². The normalized spacial score (nSPS) is 16.1. The zero-order valence-electron chi connectivity index (χ0n) is 62.4. The number of halogens is 4. The molecule has 5 aromatic carbocycles. The summed E-state index contributed by atoms with van der Waals surface area (Å²) in [6, 6.07) is 27.7. The van der Waals surface area contributed by atoms with Gasteiger partial charge >= 0.3 is 6.18 Å². The molecule has 0 saturated carbocycles. The summed E-state index contributed by atoms with van der Waals surface area (Å²) in [7, 11) is -7.39. The molecule has 0 fully saturated rings. The third-order valence-electron chi connectivity index (χ3n) is 20.5. The second kappa shape index (κ2) is 30.3. The van der Waals surface area contributed by atoms with Crippen LogP contribution in [0.15, 0.2) is 191 Å². The highest BCUT2D eigenvalue weighted by atomic mass is 32.2. The van der Waals surface area contributed by atoms with Crippen LogP contribution in [0.3, 0.4) is 0 Å². The van der Waals surface area contributed by atoms with Crippen molar-refractivity contribution in [2.45, 2.75) is 93.0 Å². The van der Waals surface area contributed by atoms with Crippen molar-refractivity contribution in [3.63, 3.8) is 0 Å². The number of fused-ring (bicyclic) bond motifs is 5. The smallest absolute Gasteiger partial charge is 0.360 e. The van der Waals surface area contributed by atoms with Gasteiger partial charge in [-0.15, -0.1) is 11.3 Å². The molecular formula is C79H80F4N12O11S5. The van der Waals surface area contributed by atoms with Crippen LogP contribution >= 0.6 is 11.3 Å². The standard InChI is InChI=1S/C21H19N3O2S2.C20H20F3N3O3S.C19H20FN3O3S.C19H21N3O3S/c1-23-10-8-15(9-11-23)18-13-24(20-5-3-2-4-17(18)20)28(25,26)16-6-7-19-21(12-16)27-14-22-19;1-12-19(13(2)29-24-12)30(27,28)26-11-17(14-6-8-25(3)9-7-14)16-10-15(20(21,22)23)4-5-18(16)26;1-12-19(13(2)26-21-12)27(24,25)23-11-17(14-6-8-22(3)9-7-14)16-10-15(20)4-5-18(16)23;1-13-19(14(2)25-20-13)26(23,24)22-12-17(15-8-10-21(3)11-9-15)16-6-4-5-7-18(16)22/h2-8,12-14H,9-11H2,1H3;4-6,10-11H,7-9H2,1-3H3;4-6,10-11H,7-9H2,1-3H3;4-8,12H,9-11H2,1-3H3. The molecule has 8 aromatic heterocycles. The van der Waals surface area contributed by atoms with E-state index in [-0.39, 0.29) is 47.7 Å². The number of likely N-dealkylation sites (N-methyl/N-ethyl adjacent to an activating group) is 4. The molecule has 4 aliphatic rings. The predicted molar refractivity (Wildman–Crippen MR) is 421 cm³/mol. The van der Waals surface area contributed by atoms with Gasteiger partial charge in [0.25, 0.3) is 40.1 Å². The van der Waals surface area contributed by atoms with Crippen molar-refractivity contribution < 1.29 is 64.8 Å². The lowest BCUT2D eigenvalue weighted by molar-refractivity contribution is -0.137. The summed E-state index contributed by atoms with van der Waals surface area (Å²) in [6.07, 6.45) is 13.5. The Hall–Kier alpha value is -9.90. The van der Waals surface area contributed by atoms with Crippen molar-refractivity contribution in [1.29, 1.82) is 0 Å². The number of aryl methyl sites for hydroxylation is 6. The van der Waals surface area contributed by atoms with Crippen LogP contribution in [0.1, 0.15) is 87.9 Å². The molecule has 0 atom stereocenters. The maximum Gasteiger partial charge on any atom is 0.416 e. The molecular weight excluding hydrogens is 1530 g/mol. The number of alkyl halides is 3. The Kier molecular flexibility index (Phi) is 21.2. The first-order valence-corrected chi connectivity index (χ1v) is 42.2. The molecule has 0 bridgehead atoms. The largest absolute Gasteiger partial charge is 0.416 e. The fraction of sp³-hybridized carbons (Fsp3) is 0.291. The lowest BCUT2D eigenvalue weighted by Gasteiger charge is -2.21. The molecule has 0 spiro atoms. The molecule has 111 heavy (non-hydrogen) atoms. The lowest BCUT2D eigenvalue weighted by Crippen LogP contribution is -2.23. The van der Waals surface area contributed by atoms with Crippen molar-refractivity contribution in [2.24, 2.45) is 0 Å². The van der Waals surface area contributed by atoms with Gasteiger partial charge in [-0.1, -0.05) is 76.2 Å². The minimum absolute atomic E-state index is 0.0487. The minimum atomic E-state index is -4.53. The van der Waals surface area contributed by atoms with E-state index in [1.807, 2.05) is 68.7 Å². The van der Waals surface area contributed by atoms with Crippen molar-refractivity contribution >= 4 is 128 Å². The zero-order chi connectivity index (χ0) is 79.0. The second-order valence-corrected chi connectivity index (χ2v) is 36.2. The highest BCUT2D eigenvalue weighted by Crippen LogP contribution is 2.42. The molecule has 0 radical (unpaired) electrons. The Morgan fingerprint density at radius 2 is 0.766 bits per heavy atom. The summed E-state index contributed by atoms with van der Waals surface area (Å²) >= 11 is 1.45. The SMILES string of the molecule is CN1CC=C(c2cn(S(=O)(=O)c3ccc4ncsc4c3)c3ccccc23)CC1.Cc1noc(C)c1S(=O)(=O)n1cc(C2=CCN(C)CC2)c2cc(C(F)(F)F)ccc21.Cc1noc(C)c1S(=O)(=O)n1cc(C2=CCN(C)CC2)c2cc(F)ccc21.Cc1noc(C)c1S(=O)(=O)n1cc(C2=CCN(C)CC2)c2ccccc21. The number of hydrogen-bond donors (Lipinski definition) is 0. The first kappa shape index (κ1) is 77.8. The van der Waals surface area contributed by atoms with Crippen LogP contribution in [0.25, 0.3) is 76.1 Å². The van der Waals surface area contributed by atoms with Crippen LogP contribution in [0.4, 0.5) is 17.6 Å². The van der Waals surface area contributed by atoms with Crippen LogP contribution in [-0.4, -0.2) is 170 Å². The molecule has 0 saturated heterocycles. The van der Waals surface area contributed by atoms with Crippen LogP contribution in [0, 0.1) is 47.4 Å². The maximum absolute atomic E-state index is 13.9. The molecule has 0 unspecified atom stereocenters. The summed E-state index contributed by atoms with van der Waals surface area (Å²) < 4.78 is 182. The van der Waals surface area contributed by atoms with Crippen molar-refractivity contribution in [3.8, 4) is 0 Å². The number of benzene rings is 5. The number of thiazole rings is 1. The van der Waals surface area contributed by atoms with E-state index in [0.29, 0.717) is 57.6 Å². The zero-order valence-corrected chi connectivity index (χ0v) is 66.5. The van der Waals surface area contributed by atoms with E-state index in [9.17, 15) is 51.2 Å². The fourth-order valence-electron chi connectivity index (χ4n) is 14.7. The molecule has 13 aromatic rings. The number of nitrogens with zero attached hydrogens (tertiary/aromatic N) is 12. The Bertz CT molecular complexity index is 6390. The number of hydrogen-bond acceptors (Lipinski definition) is 20. The van der Waals surface area contributed by atoms with Crippen molar-refractivity contribution in [1.82, 2.24) is 55.9 Å². The van der Waals surface area contributed by atoms with Gasteiger partial charge in [-0.3, -0.25) is 0 Å². The molecule has 23 nitrogen and oxygen atoms in total. The Morgan fingerprint density at radius 1 is 0.414 bits per heavy atom. The number of aromatic nitrogens is 8. The molecule has 17 rings (SSSR count). The van der Waals surface area contributed by atoms with Gasteiger partial charge in [0.05, 0.1) is 48.3 Å². The van der Waals surface area contributed by atoms with Crippen LogP contribution in [-0.2, 0) is 46.3 Å². The molecule has 0 aliphatic carbocycles. The summed E-state index contributed by atoms with van der Waals surface area (Å²) in [6.45, 7) is 16.1. The van der Waals surface area contributed by atoms with E-state index in [1.165, 1.54) is 78.7 Å². The Morgan fingerprint density at radius 3 is 1.13 bits per heavy atom. The van der Waals surface area contributed by atoms with Crippen molar-refractivity contribution in [3.05, 3.63) is 226 Å². The third-order valence-corrected chi connectivity index (χ3v) is 28.8. The van der Waals surface area contributed by atoms with Crippen LogP contribution < -0.4 is 0 Å². The van der Waals surface area contributed by atoms with E-state index in [4.69, 9.17) is 13.6 Å². The van der Waals surface area contributed by atoms with Gasteiger partial charge < -0.3 is 33.2 Å². The van der Waals surface area contributed by atoms with Gasteiger partial charge in [0.1, 0.15) is 22.9 Å². The van der Waals surface area contributed by atoms with Crippen LogP contribution in [0.2, 0.25) is 0 Å². The fourth-order valence-corrected chi connectivity index (χ4v) is 21.9. The summed E-state index contributed by atoms with van der Waals surface area (Å²) in [5.41, 5.74) is 12.1. The summed E-state index contributed by atoms with van der Waals surface area (Å²) in [4.78, 5) is 13.4. The molecule has 580 valence electrons. The van der Waals surface area contributed by atoms with Gasteiger partial charge in [0.2, 0.25) is 0 Å². The summed E-state index contributed by atoms with van der Waals surface area (Å²) in [5, 5.41) is 14.0. The monoisotopic (exact) mass is 1610 g/mol. The van der Waals surface area contributed by atoms with Crippen molar-refractivity contribution in [2.75, 3.05) is 80.5 Å². The van der Waals surface area contributed by atoms with E-state index < -0.39 is 57.7 Å². The average Bonchev–Trinajstić information content (AvgIpc) is 1.60. The predicted octanol–water partition coefficient (Wildman–Crippen LogP) is 15.0. The van der Waals surface area contributed by atoms with E-state index in [1.54, 1.807) is 70.0 Å². The quantitative estimate of drug-likeness (QED) is 0.103. The Labute approximate surface area is 643 Å². The summed E-state index contributed by atoms with van der Waals surface area (Å²) in [5.74, 6) is 0.267. The van der Waals surface area contributed by atoms with Gasteiger partial charge in [-0.2, -0.15) is 13.2 Å². The van der Waals surface area contributed by atoms with Gasteiger partial charge in [0.15, 0.2) is 32.0 Å².